The average Bonchev–Trinajstić information content (AvgIpc) is 2.40. The van der Waals surface area contributed by atoms with Crippen LogP contribution in [0.4, 0.5) is 10.5 Å². The lowest BCUT2D eigenvalue weighted by Gasteiger charge is -2.27. The highest BCUT2D eigenvalue weighted by molar-refractivity contribution is 8.00. The van der Waals surface area contributed by atoms with Gasteiger partial charge in [-0.1, -0.05) is 27.7 Å². The van der Waals surface area contributed by atoms with Gasteiger partial charge in [0.15, 0.2) is 0 Å². The highest BCUT2D eigenvalue weighted by Crippen LogP contribution is 2.33. The molecular formula is C17H28N2O2S. The van der Waals surface area contributed by atoms with Crippen molar-refractivity contribution in [2.24, 2.45) is 0 Å². The van der Waals surface area contributed by atoms with E-state index in [4.69, 9.17) is 0 Å². The van der Waals surface area contributed by atoms with E-state index in [1.54, 1.807) is 11.8 Å². The fourth-order valence-electron chi connectivity index (χ4n) is 1.86. The molecule has 3 N–H and O–H groups in total. The maximum absolute atomic E-state index is 12.1. The van der Waals surface area contributed by atoms with Crippen LogP contribution in [-0.4, -0.2) is 28.0 Å². The first-order valence-corrected chi connectivity index (χ1v) is 8.40. The summed E-state index contributed by atoms with van der Waals surface area (Å²) in [5, 5.41) is 15.0. The van der Waals surface area contributed by atoms with Crippen LogP contribution in [0.15, 0.2) is 23.1 Å². The Bertz CT molecular complexity index is 520. The molecule has 1 unspecified atom stereocenters. The fourth-order valence-corrected chi connectivity index (χ4v) is 2.94. The molecule has 22 heavy (non-hydrogen) atoms. The largest absolute Gasteiger partial charge is 0.394 e. The van der Waals surface area contributed by atoms with Crippen LogP contribution in [0, 0.1) is 6.92 Å². The van der Waals surface area contributed by atoms with Crippen LogP contribution in [0.5, 0.6) is 0 Å². The summed E-state index contributed by atoms with van der Waals surface area (Å²) in [5.41, 5.74) is 1.21. The number of nitrogens with one attached hydrogen (secondary N) is 2. The maximum Gasteiger partial charge on any atom is 0.319 e. The van der Waals surface area contributed by atoms with Crippen molar-refractivity contribution in [2.45, 2.75) is 63.1 Å². The van der Waals surface area contributed by atoms with E-state index in [-0.39, 0.29) is 17.4 Å². The molecule has 0 bridgehead atoms. The van der Waals surface area contributed by atoms with Gasteiger partial charge in [0.25, 0.3) is 0 Å². The number of urea groups is 1. The van der Waals surface area contributed by atoms with Crippen molar-refractivity contribution in [3.8, 4) is 0 Å². The van der Waals surface area contributed by atoms with E-state index >= 15 is 0 Å². The third-order valence-electron chi connectivity index (χ3n) is 3.41. The van der Waals surface area contributed by atoms with Crippen molar-refractivity contribution in [1.82, 2.24) is 5.32 Å². The summed E-state index contributed by atoms with van der Waals surface area (Å²) in [5.74, 6) is 0. The van der Waals surface area contributed by atoms with Crippen molar-refractivity contribution in [3.63, 3.8) is 0 Å². The number of anilines is 1. The van der Waals surface area contributed by atoms with Gasteiger partial charge in [0, 0.05) is 15.3 Å². The first-order chi connectivity index (χ1) is 10.1. The van der Waals surface area contributed by atoms with Gasteiger partial charge in [0.2, 0.25) is 0 Å². The van der Waals surface area contributed by atoms with E-state index < -0.39 is 5.54 Å². The molecule has 0 aliphatic heterocycles. The molecule has 5 heteroatoms. The highest BCUT2D eigenvalue weighted by atomic mass is 32.2. The number of amides is 2. The third-order valence-corrected chi connectivity index (χ3v) is 4.52. The summed E-state index contributed by atoms with van der Waals surface area (Å²) in [6.07, 6.45) is 0.664. The Balaban J connectivity index is 2.76. The normalized spacial score (nSPS) is 14.3. The molecule has 4 nitrogen and oxygen atoms in total. The van der Waals surface area contributed by atoms with E-state index in [0.29, 0.717) is 6.42 Å². The maximum atomic E-state index is 12.1. The van der Waals surface area contributed by atoms with Gasteiger partial charge < -0.3 is 15.7 Å². The lowest BCUT2D eigenvalue weighted by atomic mass is 10.0. The molecule has 0 radical (unpaired) electrons. The number of aliphatic hydroxyl groups excluding tert-OH is 1. The van der Waals surface area contributed by atoms with Gasteiger partial charge >= 0.3 is 6.03 Å². The minimum Gasteiger partial charge on any atom is -0.394 e. The molecule has 0 spiro atoms. The monoisotopic (exact) mass is 324 g/mol. The quantitative estimate of drug-likeness (QED) is 0.712. The van der Waals surface area contributed by atoms with Crippen molar-refractivity contribution in [1.29, 1.82) is 0 Å². The minimum absolute atomic E-state index is 0.0862. The zero-order valence-corrected chi connectivity index (χ0v) is 15.2. The molecule has 1 aromatic carbocycles. The molecule has 1 atom stereocenters. The number of benzene rings is 1. The Morgan fingerprint density at radius 3 is 2.36 bits per heavy atom. The summed E-state index contributed by atoms with van der Waals surface area (Å²) in [6, 6.07) is 5.73. The van der Waals surface area contributed by atoms with Gasteiger partial charge in [-0.2, -0.15) is 0 Å². The molecule has 0 saturated heterocycles. The zero-order chi connectivity index (χ0) is 17.0. The molecule has 1 aromatic rings. The van der Waals surface area contributed by atoms with Crippen LogP contribution >= 0.6 is 11.8 Å². The van der Waals surface area contributed by atoms with Crippen molar-refractivity contribution in [2.75, 3.05) is 11.9 Å². The molecule has 2 amide bonds. The Labute approximate surface area is 138 Å². The Hall–Kier alpha value is -1.20. The summed E-state index contributed by atoms with van der Waals surface area (Å²) in [7, 11) is 0. The molecule has 1 rings (SSSR count). The fraction of sp³-hybridized carbons (Fsp3) is 0.588. The van der Waals surface area contributed by atoms with Gasteiger partial charge in [0.1, 0.15) is 0 Å². The van der Waals surface area contributed by atoms with Crippen LogP contribution in [0.2, 0.25) is 0 Å². The number of hydrogen-bond acceptors (Lipinski definition) is 3. The molecule has 0 aliphatic rings. The number of carbonyl (C=O) groups excluding carboxylic acids is 1. The van der Waals surface area contributed by atoms with Gasteiger partial charge in [-0.05, 0) is 44.0 Å². The SMILES string of the molecule is CCC(C)(CO)NC(=O)Nc1ccc(SC(C)(C)C)cc1C. The van der Waals surface area contributed by atoms with E-state index in [2.05, 4.69) is 37.5 Å². The minimum atomic E-state index is -0.597. The predicted octanol–water partition coefficient (Wildman–Crippen LogP) is 4.17. The molecule has 0 aromatic heterocycles. The summed E-state index contributed by atoms with van der Waals surface area (Å²) < 4.78 is 0.156. The lowest BCUT2D eigenvalue weighted by Crippen LogP contribution is -2.50. The number of aliphatic hydroxyl groups is 1. The lowest BCUT2D eigenvalue weighted by molar-refractivity contribution is 0.172. The predicted molar refractivity (Wildman–Crippen MR) is 94.7 cm³/mol. The summed E-state index contributed by atoms with van der Waals surface area (Å²) in [6.45, 7) is 12.2. The average molecular weight is 324 g/mol. The van der Waals surface area contributed by atoms with E-state index in [1.807, 2.05) is 32.9 Å². The highest BCUT2D eigenvalue weighted by Gasteiger charge is 2.23. The molecule has 0 heterocycles. The smallest absolute Gasteiger partial charge is 0.319 e. The number of thioether (sulfide) groups is 1. The van der Waals surface area contributed by atoms with Gasteiger partial charge in [-0.15, -0.1) is 11.8 Å². The van der Waals surface area contributed by atoms with E-state index in [1.165, 1.54) is 4.90 Å². The summed E-state index contributed by atoms with van der Waals surface area (Å²) >= 11 is 1.80. The Kier molecular flexibility index (Phi) is 6.32. The molecule has 124 valence electrons. The zero-order valence-electron chi connectivity index (χ0n) is 14.4. The van der Waals surface area contributed by atoms with E-state index in [0.717, 1.165) is 11.3 Å². The van der Waals surface area contributed by atoms with Crippen molar-refractivity contribution >= 4 is 23.5 Å². The standard InChI is InChI=1S/C17H28N2O2S/c1-7-17(6,11-20)19-15(21)18-14-9-8-13(10-12(14)2)22-16(3,4)5/h8-10,20H,7,11H2,1-6H3,(H2,18,19,21). The second kappa shape index (κ2) is 7.38. The van der Waals surface area contributed by atoms with Crippen molar-refractivity contribution in [3.05, 3.63) is 23.8 Å². The van der Waals surface area contributed by atoms with Gasteiger partial charge in [-0.3, -0.25) is 0 Å². The number of carbonyl (C=O) groups is 1. The second-order valence-corrected chi connectivity index (χ2v) is 8.74. The van der Waals surface area contributed by atoms with Crippen LogP contribution in [0.1, 0.15) is 46.6 Å². The topological polar surface area (TPSA) is 61.4 Å². The number of rotatable bonds is 5. The van der Waals surface area contributed by atoms with Crippen LogP contribution < -0.4 is 10.6 Å². The van der Waals surface area contributed by atoms with Crippen LogP contribution in [0.25, 0.3) is 0 Å². The van der Waals surface area contributed by atoms with Crippen LogP contribution in [0.3, 0.4) is 0 Å². The number of aryl methyl sites for hydroxylation is 1. The molecule has 0 aliphatic carbocycles. The van der Waals surface area contributed by atoms with Gasteiger partial charge in [0.05, 0.1) is 12.1 Å². The summed E-state index contributed by atoms with van der Waals surface area (Å²) in [4.78, 5) is 13.3. The molecular weight excluding hydrogens is 296 g/mol. The van der Waals surface area contributed by atoms with E-state index in [9.17, 15) is 9.90 Å². The Morgan fingerprint density at radius 2 is 1.91 bits per heavy atom. The first kappa shape index (κ1) is 18.8. The third kappa shape index (κ3) is 5.89. The van der Waals surface area contributed by atoms with Gasteiger partial charge in [-0.25, -0.2) is 4.79 Å². The molecule has 0 saturated carbocycles. The second-order valence-electron chi connectivity index (χ2n) is 6.84. The Morgan fingerprint density at radius 1 is 1.27 bits per heavy atom. The first-order valence-electron chi connectivity index (χ1n) is 7.58. The number of hydrogen-bond donors (Lipinski definition) is 3. The molecule has 0 fully saturated rings. The van der Waals surface area contributed by atoms with Crippen molar-refractivity contribution < 1.29 is 9.90 Å². The van der Waals surface area contributed by atoms with Crippen LogP contribution in [-0.2, 0) is 0 Å².